The third kappa shape index (κ3) is 2.84. The molecule has 1 fully saturated rings. The van der Waals surface area contributed by atoms with Crippen molar-refractivity contribution in [1.29, 1.82) is 0 Å². The number of rotatable bonds is 4. The van der Waals surface area contributed by atoms with Gasteiger partial charge in [0.2, 0.25) is 0 Å². The molecule has 0 bridgehead atoms. The molecule has 0 aliphatic carbocycles. The highest BCUT2D eigenvalue weighted by Gasteiger charge is 2.37. The van der Waals surface area contributed by atoms with Crippen LogP contribution < -0.4 is 0 Å². The average molecular weight is 322 g/mol. The third-order valence-corrected chi connectivity index (χ3v) is 7.74. The van der Waals surface area contributed by atoms with Crippen LogP contribution in [-0.2, 0) is 15.9 Å². The number of halogens is 1. The first-order valence-corrected chi connectivity index (χ1v) is 9.34. The third-order valence-electron chi connectivity index (χ3n) is 3.70. The van der Waals surface area contributed by atoms with Gasteiger partial charge in [-0.3, -0.25) is 0 Å². The molecule has 0 radical (unpaired) electrons. The normalized spacial score (nSPS) is 21.4. The zero-order valence-corrected chi connectivity index (χ0v) is 13.9. The molecule has 1 aliphatic rings. The smallest absolute Gasteiger partial charge is 0.206 e. The van der Waals surface area contributed by atoms with Crippen molar-refractivity contribution in [2.24, 2.45) is 5.92 Å². The van der Waals surface area contributed by atoms with Gasteiger partial charge in [-0.15, -0.1) is 22.9 Å². The van der Waals surface area contributed by atoms with Crippen LogP contribution in [0.2, 0.25) is 0 Å². The molecular formula is C13H20ClNO2S2. The Morgan fingerprint density at radius 3 is 2.74 bits per heavy atom. The van der Waals surface area contributed by atoms with Crippen molar-refractivity contribution in [3.05, 3.63) is 16.5 Å². The largest absolute Gasteiger partial charge is 0.252 e. The zero-order chi connectivity index (χ0) is 14.2. The van der Waals surface area contributed by atoms with Crippen molar-refractivity contribution in [3.8, 4) is 0 Å². The summed E-state index contributed by atoms with van der Waals surface area (Å²) in [5.41, 5.74) is 0.971. The molecule has 0 aromatic carbocycles. The highest BCUT2D eigenvalue weighted by molar-refractivity contribution is 7.91. The molecule has 1 aliphatic heterocycles. The molecule has 1 atom stereocenters. The SMILES string of the molecule is Cc1cc(S(=O)(=O)N2CCCC2C(C)C)sc1CCl. The molecule has 19 heavy (non-hydrogen) atoms. The lowest BCUT2D eigenvalue weighted by Crippen LogP contribution is -2.38. The van der Waals surface area contributed by atoms with E-state index in [1.54, 1.807) is 10.4 Å². The Bertz CT molecular complexity index is 551. The molecule has 2 rings (SSSR count). The molecule has 1 aromatic heterocycles. The Balaban J connectivity index is 2.36. The van der Waals surface area contributed by atoms with E-state index in [0.717, 1.165) is 23.3 Å². The monoisotopic (exact) mass is 321 g/mol. The summed E-state index contributed by atoms with van der Waals surface area (Å²) in [4.78, 5) is 0.945. The fourth-order valence-electron chi connectivity index (χ4n) is 2.59. The lowest BCUT2D eigenvalue weighted by molar-refractivity contribution is 0.316. The van der Waals surface area contributed by atoms with E-state index in [1.807, 2.05) is 6.92 Å². The van der Waals surface area contributed by atoms with Crippen molar-refractivity contribution in [2.45, 2.75) is 49.7 Å². The van der Waals surface area contributed by atoms with E-state index in [1.165, 1.54) is 11.3 Å². The quantitative estimate of drug-likeness (QED) is 0.794. The number of alkyl halides is 1. The second kappa shape index (κ2) is 5.72. The summed E-state index contributed by atoms with van der Waals surface area (Å²) in [5.74, 6) is 0.727. The lowest BCUT2D eigenvalue weighted by Gasteiger charge is -2.26. The first kappa shape index (κ1) is 15.3. The Labute approximate surface area is 124 Å². The van der Waals surface area contributed by atoms with Gasteiger partial charge in [0.05, 0.1) is 5.88 Å². The number of sulfonamides is 1. The summed E-state index contributed by atoms with van der Waals surface area (Å²) in [6.45, 7) is 6.72. The van der Waals surface area contributed by atoms with Gasteiger partial charge < -0.3 is 0 Å². The van der Waals surface area contributed by atoms with Crippen molar-refractivity contribution < 1.29 is 8.42 Å². The highest BCUT2D eigenvalue weighted by atomic mass is 35.5. The predicted octanol–water partition coefficient (Wildman–Crippen LogP) is 3.60. The molecule has 2 heterocycles. The molecule has 0 saturated carbocycles. The maximum atomic E-state index is 12.7. The zero-order valence-electron chi connectivity index (χ0n) is 11.5. The summed E-state index contributed by atoms with van der Waals surface area (Å²) in [5, 5.41) is 0. The molecule has 1 unspecified atom stereocenters. The minimum atomic E-state index is -3.35. The maximum Gasteiger partial charge on any atom is 0.252 e. The second-order valence-corrected chi connectivity index (χ2v) is 8.90. The van der Waals surface area contributed by atoms with Crippen LogP contribution in [0.25, 0.3) is 0 Å². The van der Waals surface area contributed by atoms with Crippen LogP contribution in [0, 0.1) is 12.8 Å². The van der Waals surface area contributed by atoms with Crippen LogP contribution in [0.4, 0.5) is 0 Å². The number of aryl methyl sites for hydroxylation is 1. The summed E-state index contributed by atoms with van der Waals surface area (Å²) in [7, 11) is -3.35. The summed E-state index contributed by atoms with van der Waals surface area (Å²) in [6, 6.07) is 1.89. The standard InChI is InChI=1S/C13H20ClNO2S2/c1-9(2)11-5-4-6-15(11)19(16,17)13-7-10(3)12(8-14)18-13/h7,9,11H,4-6,8H2,1-3H3. The molecule has 0 N–H and O–H groups in total. The molecule has 0 spiro atoms. The maximum absolute atomic E-state index is 12.7. The number of hydrogen-bond acceptors (Lipinski definition) is 3. The van der Waals surface area contributed by atoms with Gasteiger partial charge in [0.1, 0.15) is 4.21 Å². The van der Waals surface area contributed by atoms with Gasteiger partial charge >= 0.3 is 0 Å². The second-order valence-electron chi connectivity index (χ2n) is 5.37. The Morgan fingerprint density at radius 1 is 1.53 bits per heavy atom. The molecule has 1 aromatic rings. The average Bonchev–Trinajstić information content (AvgIpc) is 2.94. The summed E-state index contributed by atoms with van der Waals surface area (Å²) in [6.07, 6.45) is 1.92. The van der Waals surface area contributed by atoms with Gasteiger partial charge in [-0.1, -0.05) is 13.8 Å². The fourth-order valence-corrected chi connectivity index (χ4v) is 6.36. The van der Waals surface area contributed by atoms with E-state index in [4.69, 9.17) is 11.6 Å². The first-order valence-electron chi connectivity index (χ1n) is 6.55. The molecule has 108 valence electrons. The Kier molecular flexibility index (Phi) is 4.60. The van der Waals surface area contributed by atoms with Gasteiger partial charge in [0.15, 0.2) is 0 Å². The number of hydrogen-bond donors (Lipinski definition) is 0. The Morgan fingerprint density at radius 2 is 2.21 bits per heavy atom. The van der Waals surface area contributed by atoms with Crippen LogP contribution in [0.1, 0.15) is 37.1 Å². The summed E-state index contributed by atoms with van der Waals surface area (Å²) >= 11 is 7.14. The number of nitrogens with zero attached hydrogens (tertiary/aromatic N) is 1. The first-order chi connectivity index (χ1) is 8.87. The highest BCUT2D eigenvalue weighted by Crippen LogP contribution is 2.34. The van der Waals surface area contributed by atoms with Gasteiger partial charge in [-0.25, -0.2) is 8.42 Å². The Hall–Kier alpha value is -0.100. The van der Waals surface area contributed by atoms with Gasteiger partial charge in [-0.05, 0) is 37.3 Å². The lowest BCUT2D eigenvalue weighted by atomic mass is 10.0. The molecule has 1 saturated heterocycles. The van der Waals surface area contributed by atoms with E-state index in [-0.39, 0.29) is 6.04 Å². The van der Waals surface area contributed by atoms with Crippen molar-refractivity contribution in [3.63, 3.8) is 0 Å². The van der Waals surface area contributed by atoms with Crippen LogP contribution in [0.3, 0.4) is 0 Å². The molecular weight excluding hydrogens is 302 g/mol. The van der Waals surface area contributed by atoms with Crippen molar-refractivity contribution >= 4 is 33.0 Å². The topological polar surface area (TPSA) is 37.4 Å². The van der Waals surface area contributed by atoms with E-state index < -0.39 is 10.0 Å². The van der Waals surface area contributed by atoms with Crippen molar-refractivity contribution in [2.75, 3.05) is 6.54 Å². The van der Waals surface area contributed by atoms with E-state index in [9.17, 15) is 8.42 Å². The van der Waals surface area contributed by atoms with Crippen molar-refractivity contribution in [1.82, 2.24) is 4.31 Å². The molecule has 3 nitrogen and oxygen atoms in total. The van der Waals surface area contributed by atoms with Gasteiger partial charge in [0, 0.05) is 17.5 Å². The molecule has 6 heteroatoms. The van der Waals surface area contributed by atoms with Crippen LogP contribution in [0.5, 0.6) is 0 Å². The van der Waals surface area contributed by atoms with E-state index in [0.29, 0.717) is 22.6 Å². The fraction of sp³-hybridized carbons (Fsp3) is 0.692. The van der Waals surface area contributed by atoms with Crippen LogP contribution >= 0.6 is 22.9 Å². The van der Waals surface area contributed by atoms with Crippen LogP contribution in [0.15, 0.2) is 10.3 Å². The van der Waals surface area contributed by atoms with E-state index in [2.05, 4.69) is 13.8 Å². The number of thiophene rings is 1. The van der Waals surface area contributed by atoms with Gasteiger partial charge in [0.25, 0.3) is 10.0 Å². The summed E-state index contributed by atoms with van der Waals surface area (Å²) < 4.78 is 27.6. The van der Waals surface area contributed by atoms with Gasteiger partial charge in [-0.2, -0.15) is 4.31 Å². The minimum absolute atomic E-state index is 0.131. The van der Waals surface area contributed by atoms with E-state index >= 15 is 0 Å². The molecule has 0 amide bonds. The van der Waals surface area contributed by atoms with Crippen LogP contribution in [-0.4, -0.2) is 25.3 Å². The minimum Gasteiger partial charge on any atom is -0.206 e. The predicted molar refractivity (Wildman–Crippen MR) is 80.4 cm³/mol.